The van der Waals surface area contributed by atoms with Gasteiger partial charge in [0, 0.05) is 11.8 Å². The minimum absolute atomic E-state index is 0.207. The minimum Gasteiger partial charge on any atom is -0.444 e. The Morgan fingerprint density at radius 3 is 2.41 bits per heavy atom. The van der Waals surface area contributed by atoms with Crippen LogP contribution in [0.3, 0.4) is 0 Å². The number of aliphatic hydroxyl groups is 4. The lowest BCUT2D eigenvalue weighted by molar-refractivity contribution is -0.278. The van der Waals surface area contributed by atoms with Crippen molar-refractivity contribution in [1.82, 2.24) is 10.2 Å². The molecule has 0 radical (unpaired) electrons. The summed E-state index contributed by atoms with van der Waals surface area (Å²) in [4.78, 5) is 0. The number of ether oxygens (including phenoxy) is 2. The highest BCUT2D eigenvalue weighted by Crippen LogP contribution is 2.24. The maximum atomic E-state index is 9.82. The van der Waals surface area contributed by atoms with Gasteiger partial charge in [-0.3, -0.25) is 5.10 Å². The monoisotopic (exact) mass is 319 g/mol. The molecule has 1 fully saturated rings. The molecule has 1 aromatic heterocycles. The first-order valence-corrected chi connectivity index (χ1v) is 7.04. The van der Waals surface area contributed by atoms with Crippen molar-refractivity contribution < 1.29 is 29.9 Å². The number of nitrogens with zero attached hydrogens (tertiary/aromatic N) is 1. The predicted octanol–water partition coefficient (Wildman–Crippen LogP) is -1.71. The quantitative estimate of drug-likeness (QED) is 0.383. The van der Waals surface area contributed by atoms with Crippen LogP contribution in [0.1, 0.15) is 25.5 Å². The Balaban J connectivity index is 0.00000116. The normalized spacial score (nSPS) is 31.6. The molecule has 5 atom stereocenters. The van der Waals surface area contributed by atoms with E-state index in [1.54, 1.807) is 6.07 Å². The molecule has 9 nitrogen and oxygen atoms in total. The summed E-state index contributed by atoms with van der Waals surface area (Å²) < 4.78 is 10.6. The van der Waals surface area contributed by atoms with Gasteiger partial charge < -0.3 is 35.6 Å². The van der Waals surface area contributed by atoms with Crippen LogP contribution in [0, 0.1) is 0 Å². The van der Waals surface area contributed by atoms with Crippen molar-refractivity contribution in [1.29, 1.82) is 0 Å². The van der Waals surface area contributed by atoms with E-state index in [0.717, 1.165) is 5.69 Å². The highest BCUT2D eigenvalue weighted by molar-refractivity contribution is 5.17. The Kier molecular flexibility index (Phi) is 7.20. The summed E-state index contributed by atoms with van der Waals surface area (Å²) in [6.07, 6.45) is -6.52. The van der Waals surface area contributed by atoms with Crippen LogP contribution >= 0.6 is 0 Å². The second-order valence-electron chi connectivity index (χ2n) is 5.13. The van der Waals surface area contributed by atoms with Crippen molar-refractivity contribution in [3.05, 3.63) is 11.8 Å². The van der Waals surface area contributed by atoms with Crippen LogP contribution in [0.25, 0.3) is 0 Å². The van der Waals surface area contributed by atoms with Crippen LogP contribution in [0.15, 0.2) is 6.07 Å². The Morgan fingerprint density at radius 2 is 1.91 bits per heavy atom. The van der Waals surface area contributed by atoms with E-state index in [0.29, 0.717) is 0 Å². The maximum Gasteiger partial charge on any atom is 0.235 e. The molecule has 1 aliphatic heterocycles. The van der Waals surface area contributed by atoms with Gasteiger partial charge in [0.1, 0.15) is 24.4 Å². The molecular formula is C13H25N3O6. The summed E-state index contributed by atoms with van der Waals surface area (Å²) in [5.74, 6) is 0.438. The summed E-state index contributed by atoms with van der Waals surface area (Å²) in [5.41, 5.74) is 5.35. The zero-order valence-electron chi connectivity index (χ0n) is 12.9. The summed E-state index contributed by atoms with van der Waals surface area (Å²) >= 11 is 0. The number of aromatic amines is 1. The van der Waals surface area contributed by atoms with Crippen LogP contribution in [0.4, 0.5) is 0 Å². The molecule has 1 unspecified atom stereocenters. The molecule has 0 spiro atoms. The number of hydrogen-bond donors (Lipinski definition) is 6. The molecule has 128 valence electrons. The number of hydrogen-bond acceptors (Lipinski definition) is 8. The van der Waals surface area contributed by atoms with Crippen LogP contribution in [0.5, 0.6) is 5.88 Å². The van der Waals surface area contributed by atoms with Gasteiger partial charge in [0.05, 0.1) is 6.61 Å². The van der Waals surface area contributed by atoms with Gasteiger partial charge in [-0.15, -0.1) is 5.10 Å². The second kappa shape index (κ2) is 8.42. The smallest absolute Gasteiger partial charge is 0.235 e. The Morgan fingerprint density at radius 1 is 1.27 bits per heavy atom. The van der Waals surface area contributed by atoms with E-state index in [9.17, 15) is 15.3 Å². The molecule has 2 heterocycles. The Bertz CT molecular complexity index is 439. The highest BCUT2D eigenvalue weighted by atomic mass is 16.7. The van der Waals surface area contributed by atoms with E-state index in [1.807, 2.05) is 13.8 Å². The summed E-state index contributed by atoms with van der Waals surface area (Å²) in [6, 6.07) is 1.66. The number of aliphatic hydroxyl groups excluding tert-OH is 4. The molecule has 0 amide bonds. The number of nitrogens with two attached hydrogens (primary N) is 1. The largest absolute Gasteiger partial charge is 0.444 e. The van der Waals surface area contributed by atoms with Gasteiger partial charge in [-0.05, 0) is 13.0 Å². The molecule has 0 saturated carbocycles. The van der Waals surface area contributed by atoms with E-state index in [1.165, 1.54) is 7.05 Å². The predicted molar refractivity (Wildman–Crippen MR) is 77.2 cm³/mol. The topological polar surface area (TPSA) is 154 Å². The van der Waals surface area contributed by atoms with Crippen LogP contribution < -0.4 is 10.5 Å². The fourth-order valence-electron chi connectivity index (χ4n) is 1.96. The molecule has 0 aliphatic carbocycles. The van der Waals surface area contributed by atoms with Crippen molar-refractivity contribution in [2.75, 3.05) is 13.7 Å². The molecule has 9 heteroatoms. The number of aromatic nitrogens is 2. The first-order chi connectivity index (χ1) is 10.4. The zero-order valence-corrected chi connectivity index (χ0v) is 12.9. The summed E-state index contributed by atoms with van der Waals surface area (Å²) in [6.45, 7) is 3.46. The molecule has 7 N–H and O–H groups in total. The van der Waals surface area contributed by atoms with E-state index in [4.69, 9.17) is 14.6 Å². The van der Waals surface area contributed by atoms with Crippen LogP contribution in [-0.2, 0) is 4.74 Å². The first-order valence-electron chi connectivity index (χ1n) is 7.04. The van der Waals surface area contributed by atoms with E-state index < -0.39 is 37.3 Å². The maximum absolute atomic E-state index is 9.82. The molecule has 0 aromatic carbocycles. The molecule has 0 bridgehead atoms. The third-order valence-electron chi connectivity index (χ3n) is 3.28. The molecule has 1 aliphatic rings. The van der Waals surface area contributed by atoms with Crippen molar-refractivity contribution in [2.24, 2.45) is 5.73 Å². The van der Waals surface area contributed by atoms with Gasteiger partial charge in [-0.25, -0.2) is 0 Å². The van der Waals surface area contributed by atoms with E-state index in [2.05, 4.69) is 15.9 Å². The number of H-pyrrole nitrogens is 1. The van der Waals surface area contributed by atoms with Gasteiger partial charge in [0.2, 0.25) is 12.2 Å². The van der Waals surface area contributed by atoms with Crippen LogP contribution in [-0.4, -0.2) is 75.0 Å². The lowest BCUT2D eigenvalue weighted by atomic mass is 9.99. The molecule has 2 rings (SSSR count). The number of nitrogens with one attached hydrogen (secondary N) is 1. The Labute approximate surface area is 128 Å². The van der Waals surface area contributed by atoms with Gasteiger partial charge in [-0.2, -0.15) is 0 Å². The van der Waals surface area contributed by atoms with Gasteiger partial charge in [0.25, 0.3) is 0 Å². The summed E-state index contributed by atoms with van der Waals surface area (Å²) in [7, 11) is 1.50. The zero-order chi connectivity index (χ0) is 16.9. The third kappa shape index (κ3) is 4.15. The highest BCUT2D eigenvalue weighted by Gasteiger charge is 2.44. The second-order valence-corrected chi connectivity index (χ2v) is 5.13. The SMILES string of the molecule is CC(C)c1cc(OC2O[C@H](CO)[C@@H](O)[C@H](O)[C@H]2O)n[nH]1.CN. The lowest BCUT2D eigenvalue weighted by Gasteiger charge is -2.39. The fraction of sp³-hybridized carbons (Fsp3) is 0.769. The van der Waals surface area contributed by atoms with E-state index in [-0.39, 0.29) is 11.8 Å². The van der Waals surface area contributed by atoms with Gasteiger partial charge in [0.15, 0.2) is 0 Å². The fourth-order valence-corrected chi connectivity index (χ4v) is 1.96. The average molecular weight is 319 g/mol. The van der Waals surface area contributed by atoms with Crippen LogP contribution in [0.2, 0.25) is 0 Å². The first kappa shape index (κ1) is 18.8. The minimum atomic E-state index is -1.46. The Hall–Kier alpha value is -1.23. The molecule has 1 aromatic rings. The number of rotatable bonds is 4. The molecule has 1 saturated heterocycles. The van der Waals surface area contributed by atoms with Crippen molar-refractivity contribution in [3.8, 4) is 5.88 Å². The third-order valence-corrected chi connectivity index (χ3v) is 3.28. The average Bonchev–Trinajstić information content (AvgIpc) is 2.99. The molecular weight excluding hydrogens is 294 g/mol. The van der Waals surface area contributed by atoms with Crippen molar-refractivity contribution in [2.45, 2.75) is 50.5 Å². The van der Waals surface area contributed by atoms with Crippen molar-refractivity contribution >= 4 is 0 Å². The van der Waals surface area contributed by atoms with Gasteiger partial charge >= 0.3 is 0 Å². The standard InChI is InChI=1S/C12H20N2O6.CH5N/c1-5(2)6-3-8(14-13-6)20-12-11(18)10(17)9(16)7(4-15)19-12;1-2/h3,5,7,9-12,15-18H,4H2,1-2H3,(H,13,14);2H2,1H3/t7-,9-,10+,11-,12?;/m1./s1. The molecule has 22 heavy (non-hydrogen) atoms. The van der Waals surface area contributed by atoms with Gasteiger partial charge in [-0.1, -0.05) is 13.8 Å². The summed E-state index contributed by atoms with van der Waals surface area (Å²) in [5, 5.41) is 44.9. The lowest BCUT2D eigenvalue weighted by Crippen LogP contribution is -2.60. The van der Waals surface area contributed by atoms with E-state index >= 15 is 0 Å². The van der Waals surface area contributed by atoms with Crippen molar-refractivity contribution in [3.63, 3.8) is 0 Å².